The van der Waals surface area contributed by atoms with E-state index in [-0.39, 0.29) is 24.7 Å². The molecular formula is C14H21FN4O2. The summed E-state index contributed by atoms with van der Waals surface area (Å²) in [7, 11) is 0. The minimum absolute atomic E-state index is 0.0111. The monoisotopic (exact) mass is 296 g/mol. The SMILES string of the molecule is CC(C)CN(CC(N)=O)CC(=O)Nc1ccc(F)c(N)c1. The van der Waals surface area contributed by atoms with E-state index < -0.39 is 11.7 Å². The summed E-state index contributed by atoms with van der Waals surface area (Å²) in [4.78, 5) is 24.6. The lowest BCUT2D eigenvalue weighted by Gasteiger charge is -2.22. The van der Waals surface area contributed by atoms with Crippen molar-refractivity contribution < 1.29 is 14.0 Å². The van der Waals surface area contributed by atoms with Crippen LogP contribution in [0.15, 0.2) is 18.2 Å². The van der Waals surface area contributed by atoms with E-state index in [1.165, 1.54) is 18.2 Å². The normalized spacial score (nSPS) is 10.9. The third kappa shape index (κ3) is 6.22. The van der Waals surface area contributed by atoms with Crippen LogP contribution in [-0.2, 0) is 9.59 Å². The summed E-state index contributed by atoms with van der Waals surface area (Å²) in [5, 5.41) is 2.61. The summed E-state index contributed by atoms with van der Waals surface area (Å²) in [6.45, 7) is 4.57. The van der Waals surface area contributed by atoms with Crippen LogP contribution in [0.2, 0.25) is 0 Å². The Balaban J connectivity index is 2.64. The van der Waals surface area contributed by atoms with Crippen LogP contribution < -0.4 is 16.8 Å². The molecular weight excluding hydrogens is 275 g/mol. The molecule has 0 aromatic heterocycles. The second-order valence-corrected chi connectivity index (χ2v) is 5.31. The van der Waals surface area contributed by atoms with Crippen molar-refractivity contribution in [3.05, 3.63) is 24.0 Å². The fourth-order valence-electron chi connectivity index (χ4n) is 1.95. The second-order valence-electron chi connectivity index (χ2n) is 5.31. The quantitative estimate of drug-likeness (QED) is 0.647. The van der Waals surface area contributed by atoms with Crippen LogP contribution >= 0.6 is 0 Å². The number of hydrogen-bond acceptors (Lipinski definition) is 4. The first kappa shape index (κ1) is 16.9. The zero-order valence-corrected chi connectivity index (χ0v) is 12.2. The van der Waals surface area contributed by atoms with E-state index in [9.17, 15) is 14.0 Å². The molecule has 0 spiro atoms. The van der Waals surface area contributed by atoms with Crippen LogP contribution in [0, 0.1) is 11.7 Å². The number of hydrogen-bond donors (Lipinski definition) is 3. The molecule has 116 valence electrons. The molecule has 2 amide bonds. The van der Waals surface area contributed by atoms with Crippen LogP contribution in [0.4, 0.5) is 15.8 Å². The van der Waals surface area contributed by atoms with E-state index in [2.05, 4.69) is 5.32 Å². The number of nitrogens with zero attached hydrogens (tertiary/aromatic N) is 1. The Morgan fingerprint density at radius 3 is 2.52 bits per heavy atom. The summed E-state index contributed by atoms with van der Waals surface area (Å²) >= 11 is 0. The highest BCUT2D eigenvalue weighted by atomic mass is 19.1. The molecule has 0 aliphatic rings. The van der Waals surface area contributed by atoms with Gasteiger partial charge in [0.2, 0.25) is 11.8 Å². The molecule has 1 aromatic rings. The van der Waals surface area contributed by atoms with Gasteiger partial charge in [-0.15, -0.1) is 0 Å². The molecule has 0 atom stereocenters. The number of anilines is 2. The first-order valence-corrected chi connectivity index (χ1v) is 6.63. The number of nitrogens with one attached hydrogen (secondary N) is 1. The van der Waals surface area contributed by atoms with E-state index in [4.69, 9.17) is 11.5 Å². The molecule has 0 radical (unpaired) electrons. The topological polar surface area (TPSA) is 101 Å². The van der Waals surface area contributed by atoms with Crippen LogP contribution in [0.3, 0.4) is 0 Å². The van der Waals surface area contributed by atoms with Gasteiger partial charge >= 0.3 is 0 Å². The number of carbonyl (C=O) groups is 2. The van der Waals surface area contributed by atoms with Gasteiger partial charge in [0.15, 0.2) is 0 Å². The van der Waals surface area contributed by atoms with E-state index in [0.717, 1.165) is 0 Å². The Hall–Kier alpha value is -2.15. The van der Waals surface area contributed by atoms with Gasteiger partial charge in [0.1, 0.15) is 5.82 Å². The first-order valence-electron chi connectivity index (χ1n) is 6.63. The molecule has 0 saturated carbocycles. The van der Waals surface area contributed by atoms with Crippen molar-refractivity contribution in [3.8, 4) is 0 Å². The van der Waals surface area contributed by atoms with Gasteiger partial charge in [-0.05, 0) is 24.1 Å². The Bertz CT molecular complexity index is 520. The van der Waals surface area contributed by atoms with Crippen LogP contribution in [0.5, 0.6) is 0 Å². The molecule has 5 N–H and O–H groups in total. The third-order valence-corrected chi connectivity index (χ3v) is 2.65. The standard InChI is InChI=1S/C14H21FN4O2/c1-9(2)6-19(7-13(17)20)8-14(21)18-10-3-4-11(15)12(16)5-10/h3-5,9H,6-8,16H2,1-2H3,(H2,17,20)(H,18,21). The van der Waals surface area contributed by atoms with E-state index >= 15 is 0 Å². The zero-order valence-electron chi connectivity index (χ0n) is 12.2. The molecule has 0 aliphatic carbocycles. The molecule has 0 heterocycles. The summed E-state index contributed by atoms with van der Waals surface area (Å²) in [6, 6.07) is 3.94. The summed E-state index contributed by atoms with van der Waals surface area (Å²) in [5.41, 5.74) is 11.0. The molecule has 0 bridgehead atoms. The van der Waals surface area contributed by atoms with Crippen molar-refractivity contribution in [2.24, 2.45) is 11.7 Å². The first-order chi connectivity index (χ1) is 9.77. The minimum atomic E-state index is -0.539. The van der Waals surface area contributed by atoms with Gasteiger partial charge in [-0.1, -0.05) is 13.8 Å². The molecule has 0 saturated heterocycles. The lowest BCUT2D eigenvalue weighted by Crippen LogP contribution is -2.41. The number of carbonyl (C=O) groups excluding carboxylic acids is 2. The zero-order chi connectivity index (χ0) is 16.0. The number of rotatable bonds is 7. The summed E-state index contributed by atoms with van der Waals surface area (Å²) in [6.07, 6.45) is 0. The Labute approximate surface area is 123 Å². The van der Waals surface area contributed by atoms with Gasteiger partial charge in [-0.3, -0.25) is 14.5 Å². The van der Waals surface area contributed by atoms with Gasteiger partial charge in [0.05, 0.1) is 18.8 Å². The van der Waals surface area contributed by atoms with Crippen molar-refractivity contribution in [3.63, 3.8) is 0 Å². The van der Waals surface area contributed by atoms with Crippen LogP contribution in [-0.4, -0.2) is 36.3 Å². The molecule has 0 aliphatic heterocycles. The predicted octanol–water partition coefficient (Wildman–Crippen LogP) is 0.790. The average molecular weight is 296 g/mol. The number of benzene rings is 1. The molecule has 0 fully saturated rings. The number of nitrogen functional groups attached to an aromatic ring is 1. The summed E-state index contributed by atoms with van der Waals surface area (Å²) in [5.74, 6) is -1.06. The minimum Gasteiger partial charge on any atom is -0.396 e. The van der Waals surface area contributed by atoms with Gasteiger partial charge in [-0.25, -0.2) is 4.39 Å². The van der Waals surface area contributed by atoms with Crippen molar-refractivity contribution in [2.45, 2.75) is 13.8 Å². The van der Waals surface area contributed by atoms with Gasteiger partial charge in [0.25, 0.3) is 0 Å². The second kappa shape index (κ2) is 7.58. The van der Waals surface area contributed by atoms with Gasteiger partial charge < -0.3 is 16.8 Å². The highest BCUT2D eigenvalue weighted by molar-refractivity contribution is 5.93. The maximum absolute atomic E-state index is 13.0. The van der Waals surface area contributed by atoms with Crippen molar-refractivity contribution in [1.82, 2.24) is 4.90 Å². The fraction of sp³-hybridized carbons (Fsp3) is 0.429. The highest BCUT2D eigenvalue weighted by Gasteiger charge is 2.14. The molecule has 1 rings (SSSR count). The average Bonchev–Trinajstić information content (AvgIpc) is 2.31. The largest absolute Gasteiger partial charge is 0.396 e. The smallest absolute Gasteiger partial charge is 0.238 e. The lowest BCUT2D eigenvalue weighted by atomic mass is 10.2. The van der Waals surface area contributed by atoms with Crippen LogP contribution in [0.25, 0.3) is 0 Å². The molecule has 7 heteroatoms. The highest BCUT2D eigenvalue weighted by Crippen LogP contribution is 2.16. The van der Waals surface area contributed by atoms with Crippen LogP contribution in [0.1, 0.15) is 13.8 Å². The maximum Gasteiger partial charge on any atom is 0.238 e. The predicted molar refractivity (Wildman–Crippen MR) is 79.9 cm³/mol. The van der Waals surface area contributed by atoms with E-state index in [1.54, 1.807) is 4.90 Å². The molecule has 1 aromatic carbocycles. The maximum atomic E-state index is 13.0. The lowest BCUT2D eigenvalue weighted by molar-refractivity contribution is -0.121. The van der Waals surface area contributed by atoms with E-state index in [0.29, 0.717) is 18.2 Å². The number of amides is 2. The molecule has 6 nitrogen and oxygen atoms in total. The third-order valence-electron chi connectivity index (χ3n) is 2.65. The van der Waals surface area contributed by atoms with Crippen molar-refractivity contribution in [1.29, 1.82) is 0 Å². The molecule has 21 heavy (non-hydrogen) atoms. The van der Waals surface area contributed by atoms with Crippen molar-refractivity contribution >= 4 is 23.2 Å². The molecule has 0 unspecified atom stereocenters. The number of primary amides is 1. The van der Waals surface area contributed by atoms with Crippen molar-refractivity contribution in [2.75, 3.05) is 30.7 Å². The van der Waals surface area contributed by atoms with Gasteiger partial charge in [-0.2, -0.15) is 0 Å². The number of nitrogens with two attached hydrogens (primary N) is 2. The van der Waals surface area contributed by atoms with E-state index in [1.807, 2.05) is 13.8 Å². The Morgan fingerprint density at radius 1 is 1.33 bits per heavy atom. The fourth-order valence-corrected chi connectivity index (χ4v) is 1.95. The van der Waals surface area contributed by atoms with Gasteiger partial charge in [0, 0.05) is 12.2 Å². The Morgan fingerprint density at radius 2 is 2.00 bits per heavy atom. The Kier molecular flexibility index (Phi) is 6.10. The number of halogens is 1. The summed E-state index contributed by atoms with van der Waals surface area (Å²) < 4.78 is 13.0.